The SMILES string of the molecule is C[C@H](OC(=O)c1ccc(Cl)c(S(N)(=O)=O)c1)C(=O)NC1CCCCC1. The second-order valence-corrected chi connectivity index (χ2v) is 8.02. The molecule has 0 saturated heterocycles. The molecule has 9 heteroatoms. The zero-order valence-corrected chi connectivity index (χ0v) is 15.4. The van der Waals surface area contributed by atoms with Crippen LogP contribution < -0.4 is 10.5 Å². The minimum Gasteiger partial charge on any atom is -0.449 e. The van der Waals surface area contributed by atoms with Gasteiger partial charge in [-0.3, -0.25) is 4.79 Å². The van der Waals surface area contributed by atoms with Gasteiger partial charge in [0.2, 0.25) is 10.0 Å². The normalized spacial score (nSPS) is 16.9. The summed E-state index contributed by atoms with van der Waals surface area (Å²) in [7, 11) is -4.07. The van der Waals surface area contributed by atoms with Crippen molar-refractivity contribution in [2.75, 3.05) is 0 Å². The molecule has 3 N–H and O–H groups in total. The van der Waals surface area contributed by atoms with Gasteiger partial charge in [-0.1, -0.05) is 30.9 Å². The molecule has 1 atom stereocenters. The highest BCUT2D eigenvalue weighted by Crippen LogP contribution is 2.22. The van der Waals surface area contributed by atoms with E-state index in [0.29, 0.717) is 0 Å². The third kappa shape index (κ3) is 5.42. The molecule has 1 aliphatic rings. The van der Waals surface area contributed by atoms with E-state index in [9.17, 15) is 18.0 Å². The summed E-state index contributed by atoms with van der Waals surface area (Å²) >= 11 is 5.77. The topological polar surface area (TPSA) is 116 Å². The number of rotatable bonds is 5. The van der Waals surface area contributed by atoms with E-state index >= 15 is 0 Å². The predicted octanol–water partition coefficient (Wildman–Crippen LogP) is 1.98. The van der Waals surface area contributed by atoms with Gasteiger partial charge in [0, 0.05) is 6.04 Å². The summed E-state index contributed by atoms with van der Waals surface area (Å²) in [6, 6.07) is 3.69. The second kappa shape index (κ2) is 8.16. The molecule has 1 aromatic carbocycles. The largest absolute Gasteiger partial charge is 0.449 e. The van der Waals surface area contributed by atoms with Gasteiger partial charge in [0.15, 0.2) is 6.10 Å². The van der Waals surface area contributed by atoms with Crippen molar-refractivity contribution < 1.29 is 22.7 Å². The van der Waals surface area contributed by atoms with Crippen molar-refractivity contribution in [1.29, 1.82) is 0 Å². The van der Waals surface area contributed by atoms with E-state index in [1.54, 1.807) is 0 Å². The van der Waals surface area contributed by atoms with E-state index in [1.165, 1.54) is 25.5 Å². The number of amides is 1. The number of halogens is 1. The third-order valence-electron chi connectivity index (χ3n) is 4.08. The Kier molecular flexibility index (Phi) is 6.42. The first-order valence-electron chi connectivity index (χ1n) is 8.02. The lowest BCUT2D eigenvalue weighted by Crippen LogP contribution is -2.42. The number of ether oxygens (including phenoxy) is 1. The predicted molar refractivity (Wildman–Crippen MR) is 92.7 cm³/mol. The standard InChI is InChI=1S/C16H21ClN2O5S/c1-10(15(20)19-12-5-3-2-4-6-12)24-16(21)11-7-8-13(17)14(9-11)25(18,22)23/h7-10,12H,2-6H2,1H3,(H,19,20)(H2,18,22,23)/t10-/m0/s1. The molecule has 138 valence electrons. The van der Waals surface area contributed by atoms with Gasteiger partial charge in [0.05, 0.1) is 10.6 Å². The number of hydrogen-bond donors (Lipinski definition) is 2. The van der Waals surface area contributed by atoms with Crippen LogP contribution in [-0.2, 0) is 19.6 Å². The van der Waals surface area contributed by atoms with E-state index in [2.05, 4.69) is 5.32 Å². The van der Waals surface area contributed by atoms with Gasteiger partial charge in [-0.25, -0.2) is 18.4 Å². The van der Waals surface area contributed by atoms with Crippen LogP contribution in [0.4, 0.5) is 0 Å². The van der Waals surface area contributed by atoms with Gasteiger partial charge in [-0.05, 0) is 38.0 Å². The summed E-state index contributed by atoms with van der Waals surface area (Å²) in [5.41, 5.74) is -0.0502. The summed E-state index contributed by atoms with van der Waals surface area (Å²) in [6.07, 6.45) is 4.14. The first-order valence-corrected chi connectivity index (χ1v) is 9.94. The number of hydrogen-bond acceptors (Lipinski definition) is 5. The summed E-state index contributed by atoms with van der Waals surface area (Å²) in [5, 5.41) is 7.82. The van der Waals surface area contributed by atoms with Gasteiger partial charge < -0.3 is 10.1 Å². The fourth-order valence-corrected chi connectivity index (χ4v) is 3.77. The van der Waals surface area contributed by atoms with Gasteiger partial charge in [-0.2, -0.15) is 0 Å². The number of nitrogens with one attached hydrogen (secondary N) is 1. The van der Waals surface area contributed by atoms with E-state index in [-0.39, 0.29) is 27.4 Å². The number of carbonyl (C=O) groups is 2. The molecule has 1 aliphatic carbocycles. The zero-order chi connectivity index (χ0) is 18.6. The van der Waals surface area contributed by atoms with E-state index < -0.39 is 22.1 Å². The van der Waals surface area contributed by atoms with E-state index in [0.717, 1.165) is 31.7 Å². The van der Waals surface area contributed by atoms with Crippen molar-refractivity contribution in [2.45, 2.75) is 56.1 Å². The fraction of sp³-hybridized carbons (Fsp3) is 0.500. The molecule has 0 radical (unpaired) electrons. The van der Waals surface area contributed by atoms with Crippen molar-refractivity contribution >= 4 is 33.5 Å². The second-order valence-electron chi connectivity index (χ2n) is 6.08. The smallest absolute Gasteiger partial charge is 0.338 e. The van der Waals surface area contributed by atoms with Crippen LogP contribution in [0.3, 0.4) is 0 Å². The molecular formula is C16H21ClN2O5S. The fourth-order valence-electron chi connectivity index (χ4n) is 2.70. The quantitative estimate of drug-likeness (QED) is 0.748. The molecule has 25 heavy (non-hydrogen) atoms. The molecule has 1 saturated carbocycles. The van der Waals surface area contributed by atoms with Gasteiger partial charge in [-0.15, -0.1) is 0 Å². The Hall–Kier alpha value is -1.64. The van der Waals surface area contributed by atoms with Gasteiger partial charge in [0.25, 0.3) is 5.91 Å². The number of nitrogens with two attached hydrogens (primary N) is 1. The molecule has 0 spiro atoms. The monoisotopic (exact) mass is 388 g/mol. The van der Waals surface area contributed by atoms with E-state index in [1.807, 2.05) is 0 Å². The number of benzene rings is 1. The first-order chi connectivity index (χ1) is 11.7. The minimum atomic E-state index is -4.07. The first kappa shape index (κ1) is 19.7. The molecule has 0 unspecified atom stereocenters. The summed E-state index contributed by atoms with van der Waals surface area (Å²) in [4.78, 5) is 23.9. The van der Waals surface area contributed by atoms with Crippen molar-refractivity contribution in [3.63, 3.8) is 0 Å². The lowest BCUT2D eigenvalue weighted by molar-refractivity contribution is -0.130. The lowest BCUT2D eigenvalue weighted by atomic mass is 9.95. The minimum absolute atomic E-state index is 0.0502. The maximum atomic E-state index is 12.2. The molecule has 1 fully saturated rings. The van der Waals surface area contributed by atoms with Gasteiger partial charge >= 0.3 is 5.97 Å². The van der Waals surface area contributed by atoms with Crippen LogP contribution in [0.15, 0.2) is 23.1 Å². The molecule has 1 amide bonds. The Balaban J connectivity index is 2.02. The molecular weight excluding hydrogens is 368 g/mol. The molecule has 0 aromatic heterocycles. The van der Waals surface area contributed by atoms with Crippen LogP contribution in [0.25, 0.3) is 0 Å². The highest BCUT2D eigenvalue weighted by Gasteiger charge is 2.24. The van der Waals surface area contributed by atoms with Crippen LogP contribution in [0, 0.1) is 0 Å². The molecule has 0 aliphatic heterocycles. The summed E-state index contributed by atoms with van der Waals surface area (Å²) < 4.78 is 28.0. The number of sulfonamides is 1. The number of esters is 1. The van der Waals surface area contributed by atoms with Crippen LogP contribution in [-0.4, -0.2) is 32.4 Å². The average molecular weight is 389 g/mol. The average Bonchev–Trinajstić information content (AvgIpc) is 2.54. The molecule has 2 rings (SSSR count). The third-order valence-corrected chi connectivity index (χ3v) is 5.47. The van der Waals surface area contributed by atoms with Crippen LogP contribution >= 0.6 is 11.6 Å². The number of carbonyl (C=O) groups excluding carboxylic acids is 2. The van der Waals surface area contributed by atoms with Crippen molar-refractivity contribution in [2.24, 2.45) is 5.14 Å². The Bertz CT molecular complexity index is 760. The Labute approximate surface area is 151 Å². The molecule has 0 bridgehead atoms. The molecule has 1 aromatic rings. The van der Waals surface area contributed by atoms with Crippen molar-refractivity contribution in [3.8, 4) is 0 Å². The van der Waals surface area contributed by atoms with Crippen LogP contribution in [0.5, 0.6) is 0 Å². The van der Waals surface area contributed by atoms with E-state index in [4.69, 9.17) is 21.5 Å². The zero-order valence-electron chi connectivity index (χ0n) is 13.8. The van der Waals surface area contributed by atoms with Crippen LogP contribution in [0.2, 0.25) is 5.02 Å². The van der Waals surface area contributed by atoms with Gasteiger partial charge in [0.1, 0.15) is 4.90 Å². The molecule has 0 heterocycles. The summed E-state index contributed by atoms with van der Waals surface area (Å²) in [6.45, 7) is 1.46. The Morgan fingerprint density at radius 1 is 1.28 bits per heavy atom. The maximum absolute atomic E-state index is 12.2. The Morgan fingerprint density at radius 2 is 1.92 bits per heavy atom. The molecule has 7 nitrogen and oxygen atoms in total. The number of primary sulfonamides is 1. The van der Waals surface area contributed by atoms with Crippen molar-refractivity contribution in [1.82, 2.24) is 5.32 Å². The van der Waals surface area contributed by atoms with Crippen molar-refractivity contribution in [3.05, 3.63) is 28.8 Å². The Morgan fingerprint density at radius 3 is 2.52 bits per heavy atom. The summed E-state index contributed by atoms with van der Waals surface area (Å²) in [5.74, 6) is -1.20. The maximum Gasteiger partial charge on any atom is 0.338 e. The highest BCUT2D eigenvalue weighted by atomic mass is 35.5. The van der Waals surface area contributed by atoms with Crippen LogP contribution in [0.1, 0.15) is 49.4 Å². The highest BCUT2D eigenvalue weighted by molar-refractivity contribution is 7.89. The lowest BCUT2D eigenvalue weighted by Gasteiger charge is -2.24.